The van der Waals surface area contributed by atoms with Crippen molar-refractivity contribution in [3.05, 3.63) is 60.4 Å². The summed E-state index contributed by atoms with van der Waals surface area (Å²) in [5.74, 6) is 1.15. The van der Waals surface area contributed by atoms with Crippen LogP contribution in [-0.4, -0.2) is 42.6 Å². The maximum atomic E-state index is 12.5. The molecule has 0 radical (unpaired) electrons. The molecule has 0 N–H and O–H groups in total. The van der Waals surface area contributed by atoms with Crippen molar-refractivity contribution in [3.8, 4) is 0 Å². The van der Waals surface area contributed by atoms with Gasteiger partial charge in [0.2, 0.25) is 0 Å². The third-order valence-corrected chi connectivity index (χ3v) is 7.63. The summed E-state index contributed by atoms with van der Waals surface area (Å²) in [6.45, 7) is 3.78. The number of rotatable bonds is 5. The standard InChI is InChI=1S/C24H26N4O3S/c1-17-3-5-19(6-4-17)32(29,30)31-16-18-10-13-28(14-11-18)23-8-7-20-21-15-25-12-9-22(21)27(2)24(20)26-23/h3-9,12,15,18H,10-11,13-14,16H2,1-2H3. The molecule has 1 saturated heterocycles. The number of hydrogen-bond acceptors (Lipinski definition) is 6. The van der Waals surface area contributed by atoms with Crippen LogP contribution in [-0.2, 0) is 21.3 Å². The molecule has 32 heavy (non-hydrogen) atoms. The SMILES string of the molecule is Cc1ccc(S(=O)(=O)OCC2CCN(c3ccc4c5cnccc5n(C)c4n3)CC2)cc1. The molecule has 1 aromatic carbocycles. The van der Waals surface area contributed by atoms with E-state index in [9.17, 15) is 8.42 Å². The van der Waals surface area contributed by atoms with Gasteiger partial charge in [-0.1, -0.05) is 17.7 Å². The molecule has 8 heteroatoms. The molecule has 0 unspecified atom stereocenters. The van der Waals surface area contributed by atoms with Crippen molar-refractivity contribution < 1.29 is 12.6 Å². The average molecular weight is 451 g/mol. The van der Waals surface area contributed by atoms with Crippen LogP contribution in [0.15, 0.2) is 59.8 Å². The highest BCUT2D eigenvalue weighted by Gasteiger charge is 2.24. The van der Waals surface area contributed by atoms with Gasteiger partial charge in [-0.2, -0.15) is 8.42 Å². The summed E-state index contributed by atoms with van der Waals surface area (Å²) in [6.07, 6.45) is 5.41. The molecule has 5 rings (SSSR count). The van der Waals surface area contributed by atoms with E-state index in [-0.39, 0.29) is 17.4 Å². The number of pyridine rings is 2. The van der Waals surface area contributed by atoms with Crippen LogP contribution in [0, 0.1) is 12.8 Å². The zero-order valence-corrected chi connectivity index (χ0v) is 19.0. The lowest BCUT2D eigenvalue weighted by atomic mass is 9.98. The highest BCUT2D eigenvalue weighted by atomic mass is 32.2. The number of hydrogen-bond donors (Lipinski definition) is 0. The van der Waals surface area contributed by atoms with Gasteiger partial charge in [0, 0.05) is 43.3 Å². The molecule has 0 atom stereocenters. The summed E-state index contributed by atoms with van der Waals surface area (Å²) in [6, 6.07) is 12.9. The van der Waals surface area contributed by atoms with E-state index in [2.05, 4.69) is 26.6 Å². The van der Waals surface area contributed by atoms with E-state index in [1.807, 2.05) is 26.2 Å². The van der Waals surface area contributed by atoms with Gasteiger partial charge in [-0.3, -0.25) is 9.17 Å². The Bertz CT molecular complexity index is 1370. The number of anilines is 1. The van der Waals surface area contributed by atoms with Crippen LogP contribution in [0.2, 0.25) is 0 Å². The second-order valence-corrected chi connectivity index (χ2v) is 10.1. The molecular weight excluding hydrogens is 424 g/mol. The maximum Gasteiger partial charge on any atom is 0.296 e. The van der Waals surface area contributed by atoms with Crippen molar-refractivity contribution in [1.82, 2.24) is 14.5 Å². The van der Waals surface area contributed by atoms with Crippen LogP contribution in [0.25, 0.3) is 21.9 Å². The second kappa shape index (κ2) is 8.18. The largest absolute Gasteiger partial charge is 0.357 e. The molecule has 7 nitrogen and oxygen atoms in total. The first-order valence-corrected chi connectivity index (χ1v) is 12.2. The zero-order chi connectivity index (χ0) is 22.3. The first-order valence-electron chi connectivity index (χ1n) is 10.8. The maximum absolute atomic E-state index is 12.5. The lowest BCUT2D eigenvalue weighted by Gasteiger charge is -2.32. The van der Waals surface area contributed by atoms with Crippen LogP contribution >= 0.6 is 0 Å². The van der Waals surface area contributed by atoms with Crippen LogP contribution in [0.5, 0.6) is 0 Å². The van der Waals surface area contributed by atoms with Crippen LogP contribution in [0.3, 0.4) is 0 Å². The van der Waals surface area contributed by atoms with E-state index >= 15 is 0 Å². The molecule has 0 aliphatic carbocycles. The Balaban J connectivity index is 1.25. The molecule has 4 heterocycles. The van der Waals surface area contributed by atoms with Gasteiger partial charge in [-0.05, 0) is 56.0 Å². The van der Waals surface area contributed by atoms with Crippen molar-refractivity contribution in [1.29, 1.82) is 0 Å². The van der Waals surface area contributed by atoms with Gasteiger partial charge in [0.05, 0.1) is 17.0 Å². The Kier molecular flexibility index (Phi) is 5.35. The zero-order valence-electron chi connectivity index (χ0n) is 18.2. The van der Waals surface area contributed by atoms with Crippen molar-refractivity contribution in [2.45, 2.75) is 24.7 Å². The highest BCUT2D eigenvalue weighted by Crippen LogP contribution is 2.30. The van der Waals surface area contributed by atoms with Crippen molar-refractivity contribution in [2.75, 3.05) is 24.6 Å². The van der Waals surface area contributed by atoms with E-state index in [1.165, 1.54) is 0 Å². The van der Waals surface area contributed by atoms with Gasteiger partial charge in [-0.25, -0.2) is 4.98 Å². The normalized spacial score (nSPS) is 15.6. The molecule has 0 amide bonds. The van der Waals surface area contributed by atoms with Crippen LogP contribution < -0.4 is 4.90 Å². The van der Waals surface area contributed by atoms with E-state index < -0.39 is 10.1 Å². The van der Waals surface area contributed by atoms with Gasteiger partial charge in [-0.15, -0.1) is 0 Å². The monoisotopic (exact) mass is 450 g/mol. The Hall–Kier alpha value is -2.97. The predicted octanol–water partition coefficient (Wildman–Crippen LogP) is 4.05. The first-order chi connectivity index (χ1) is 15.4. The van der Waals surface area contributed by atoms with Gasteiger partial charge < -0.3 is 9.47 Å². The molecule has 3 aromatic heterocycles. The average Bonchev–Trinajstić information content (AvgIpc) is 3.10. The second-order valence-electron chi connectivity index (χ2n) is 8.47. The molecule has 1 aliphatic rings. The lowest BCUT2D eigenvalue weighted by Crippen LogP contribution is -2.35. The van der Waals surface area contributed by atoms with E-state index in [4.69, 9.17) is 9.17 Å². The quantitative estimate of drug-likeness (QED) is 0.427. The number of piperidine rings is 1. The number of benzene rings is 1. The summed E-state index contributed by atoms with van der Waals surface area (Å²) in [4.78, 5) is 11.7. The number of aromatic nitrogens is 3. The Morgan fingerprint density at radius 1 is 1.03 bits per heavy atom. The van der Waals surface area contributed by atoms with Crippen LogP contribution in [0.4, 0.5) is 5.82 Å². The van der Waals surface area contributed by atoms with Gasteiger partial charge >= 0.3 is 0 Å². The van der Waals surface area contributed by atoms with E-state index in [0.29, 0.717) is 0 Å². The van der Waals surface area contributed by atoms with Gasteiger partial charge in [0.1, 0.15) is 11.5 Å². The minimum Gasteiger partial charge on any atom is -0.357 e. The molecule has 166 valence electrons. The fourth-order valence-corrected chi connectivity index (χ4v) is 5.35. The third kappa shape index (κ3) is 3.84. The first kappa shape index (κ1) is 20.9. The Morgan fingerprint density at radius 2 is 1.78 bits per heavy atom. The molecular formula is C24H26N4O3S. The molecule has 0 spiro atoms. The van der Waals surface area contributed by atoms with Crippen LogP contribution in [0.1, 0.15) is 18.4 Å². The third-order valence-electron chi connectivity index (χ3n) is 6.33. The topological polar surface area (TPSA) is 77.3 Å². The van der Waals surface area contributed by atoms with Gasteiger partial charge in [0.15, 0.2) is 0 Å². The molecule has 1 aliphatic heterocycles. The number of nitrogens with zero attached hydrogens (tertiary/aromatic N) is 4. The molecule has 0 bridgehead atoms. The Labute approximate surface area is 187 Å². The summed E-state index contributed by atoms with van der Waals surface area (Å²) in [7, 11) is -1.69. The molecule has 4 aromatic rings. The lowest BCUT2D eigenvalue weighted by molar-refractivity contribution is 0.228. The summed E-state index contributed by atoms with van der Waals surface area (Å²) in [5, 5.41) is 2.21. The fraction of sp³-hybridized carbons (Fsp3) is 0.333. The summed E-state index contributed by atoms with van der Waals surface area (Å²) >= 11 is 0. The van der Waals surface area contributed by atoms with Crippen molar-refractivity contribution in [2.24, 2.45) is 13.0 Å². The summed E-state index contributed by atoms with van der Waals surface area (Å²) < 4.78 is 32.4. The molecule has 0 saturated carbocycles. The minimum atomic E-state index is -3.72. The van der Waals surface area contributed by atoms with E-state index in [1.54, 1.807) is 30.5 Å². The van der Waals surface area contributed by atoms with E-state index in [0.717, 1.165) is 59.2 Å². The highest BCUT2D eigenvalue weighted by molar-refractivity contribution is 7.86. The Morgan fingerprint density at radius 3 is 2.53 bits per heavy atom. The van der Waals surface area contributed by atoms with Crippen molar-refractivity contribution in [3.63, 3.8) is 0 Å². The number of aryl methyl sites for hydroxylation is 2. The predicted molar refractivity (Wildman–Crippen MR) is 125 cm³/mol. The molecule has 1 fully saturated rings. The van der Waals surface area contributed by atoms with Crippen molar-refractivity contribution >= 4 is 37.9 Å². The smallest absolute Gasteiger partial charge is 0.296 e. The van der Waals surface area contributed by atoms with Gasteiger partial charge in [0.25, 0.3) is 10.1 Å². The minimum absolute atomic E-state index is 0.207. The fourth-order valence-electron chi connectivity index (χ4n) is 4.37. The number of fused-ring (bicyclic) bond motifs is 3. The summed E-state index contributed by atoms with van der Waals surface area (Å²) in [5.41, 5.74) is 3.08.